The zero-order chi connectivity index (χ0) is 9.90. The third-order valence-electron chi connectivity index (χ3n) is 1.79. The Morgan fingerprint density at radius 3 is 2.77 bits per heavy atom. The molecule has 5 heteroatoms. The van der Waals surface area contributed by atoms with Crippen molar-refractivity contribution in [3.63, 3.8) is 0 Å². The van der Waals surface area contributed by atoms with Crippen LogP contribution < -0.4 is 0 Å². The highest BCUT2D eigenvalue weighted by Crippen LogP contribution is 2.18. The maximum atomic E-state index is 10.7. The van der Waals surface area contributed by atoms with Gasteiger partial charge in [-0.15, -0.1) is 11.3 Å². The topological polar surface area (TPSA) is 34.1 Å². The standard InChI is InChI=1S/C8H11ClO2S2/c1-2-7-3-5-12-8(7)4-6-13(9,10)11/h3,5H,2,4,6H2,1H3. The Labute approximate surface area is 87.0 Å². The van der Waals surface area contributed by atoms with Crippen molar-refractivity contribution in [3.05, 3.63) is 21.9 Å². The minimum absolute atomic E-state index is 0.0298. The molecule has 0 spiro atoms. The van der Waals surface area contributed by atoms with E-state index in [2.05, 4.69) is 6.92 Å². The minimum atomic E-state index is -3.35. The molecule has 1 aromatic rings. The summed E-state index contributed by atoms with van der Waals surface area (Å²) in [5, 5.41) is 1.98. The average Bonchev–Trinajstić information content (AvgIpc) is 2.46. The number of aryl methyl sites for hydroxylation is 2. The van der Waals surface area contributed by atoms with Crippen molar-refractivity contribution in [2.24, 2.45) is 0 Å². The van der Waals surface area contributed by atoms with Crippen LogP contribution >= 0.6 is 22.0 Å². The van der Waals surface area contributed by atoms with Gasteiger partial charge in [-0.3, -0.25) is 0 Å². The molecule has 0 radical (unpaired) electrons. The molecule has 0 fully saturated rings. The molecule has 0 amide bonds. The first-order valence-electron chi connectivity index (χ1n) is 4.00. The molecule has 0 bridgehead atoms. The van der Waals surface area contributed by atoms with Gasteiger partial charge in [0.25, 0.3) is 0 Å². The Balaban J connectivity index is 2.64. The van der Waals surface area contributed by atoms with Crippen LogP contribution in [0.1, 0.15) is 17.4 Å². The Morgan fingerprint density at radius 1 is 1.54 bits per heavy atom. The Hall–Kier alpha value is -0.0600. The van der Waals surface area contributed by atoms with Crippen molar-refractivity contribution in [3.8, 4) is 0 Å². The summed E-state index contributed by atoms with van der Waals surface area (Å²) >= 11 is 1.59. The summed E-state index contributed by atoms with van der Waals surface area (Å²) in [7, 11) is 1.78. The molecule has 2 nitrogen and oxygen atoms in total. The molecule has 1 rings (SSSR count). The van der Waals surface area contributed by atoms with E-state index < -0.39 is 9.05 Å². The molecular formula is C8H11ClO2S2. The lowest BCUT2D eigenvalue weighted by atomic mass is 10.2. The van der Waals surface area contributed by atoms with E-state index in [1.165, 1.54) is 5.56 Å². The van der Waals surface area contributed by atoms with Crippen molar-refractivity contribution >= 4 is 31.1 Å². The van der Waals surface area contributed by atoms with Gasteiger partial charge in [0.1, 0.15) is 0 Å². The average molecular weight is 239 g/mol. The van der Waals surface area contributed by atoms with Crippen LogP contribution in [0.5, 0.6) is 0 Å². The highest BCUT2D eigenvalue weighted by molar-refractivity contribution is 8.13. The van der Waals surface area contributed by atoms with Gasteiger partial charge < -0.3 is 0 Å². The molecule has 0 aliphatic carbocycles. The Morgan fingerprint density at radius 2 is 2.23 bits per heavy atom. The fourth-order valence-corrected chi connectivity index (χ4v) is 2.90. The van der Waals surface area contributed by atoms with Gasteiger partial charge in [0.15, 0.2) is 0 Å². The van der Waals surface area contributed by atoms with E-state index in [9.17, 15) is 8.42 Å². The molecule has 0 aromatic carbocycles. The van der Waals surface area contributed by atoms with Crippen LogP contribution in [-0.4, -0.2) is 14.2 Å². The van der Waals surface area contributed by atoms with Crippen LogP contribution in [0.15, 0.2) is 11.4 Å². The number of halogens is 1. The van der Waals surface area contributed by atoms with Gasteiger partial charge in [-0.05, 0) is 29.9 Å². The lowest BCUT2D eigenvalue weighted by Crippen LogP contribution is -2.01. The zero-order valence-electron chi connectivity index (χ0n) is 7.29. The van der Waals surface area contributed by atoms with Gasteiger partial charge >= 0.3 is 0 Å². The first kappa shape index (κ1) is 11.0. The van der Waals surface area contributed by atoms with Gasteiger partial charge in [-0.25, -0.2) is 8.42 Å². The molecule has 0 saturated carbocycles. The van der Waals surface area contributed by atoms with Gasteiger partial charge in [-0.2, -0.15) is 0 Å². The van der Waals surface area contributed by atoms with Gasteiger partial charge in [0, 0.05) is 15.6 Å². The number of hydrogen-bond acceptors (Lipinski definition) is 3. The molecule has 74 valence electrons. The molecule has 1 aromatic heterocycles. The highest BCUT2D eigenvalue weighted by atomic mass is 35.7. The van der Waals surface area contributed by atoms with Crippen molar-refractivity contribution < 1.29 is 8.42 Å². The van der Waals surface area contributed by atoms with Crippen LogP contribution in [0.25, 0.3) is 0 Å². The zero-order valence-corrected chi connectivity index (χ0v) is 9.68. The van der Waals surface area contributed by atoms with E-state index in [1.807, 2.05) is 11.4 Å². The monoisotopic (exact) mass is 238 g/mol. The third-order valence-corrected chi connectivity index (χ3v) is 3.97. The smallest absolute Gasteiger partial charge is 0.212 e. The highest BCUT2D eigenvalue weighted by Gasteiger charge is 2.08. The molecule has 0 N–H and O–H groups in total. The Bertz CT molecular complexity index is 367. The molecular weight excluding hydrogens is 228 g/mol. The summed E-state index contributed by atoms with van der Waals surface area (Å²) < 4.78 is 21.4. The summed E-state index contributed by atoms with van der Waals surface area (Å²) in [6.07, 6.45) is 1.48. The lowest BCUT2D eigenvalue weighted by molar-refractivity contribution is 0.609. The van der Waals surface area contributed by atoms with E-state index in [1.54, 1.807) is 11.3 Å². The minimum Gasteiger partial charge on any atom is -0.212 e. The summed E-state index contributed by atoms with van der Waals surface area (Å²) in [6, 6.07) is 2.03. The maximum absolute atomic E-state index is 10.7. The maximum Gasteiger partial charge on any atom is 0.232 e. The van der Waals surface area contributed by atoms with E-state index >= 15 is 0 Å². The molecule has 0 saturated heterocycles. The fraction of sp³-hybridized carbons (Fsp3) is 0.500. The van der Waals surface area contributed by atoms with Crippen molar-refractivity contribution in [1.82, 2.24) is 0 Å². The second-order valence-electron chi connectivity index (χ2n) is 2.72. The molecule has 0 unspecified atom stereocenters. The van der Waals surface area contributed by atoms with Gasteiger partial charge in [0.05, 0.1) is 5.75 Å². The molecule has 0 aliphatic heterocycles. The summed E-state index contributed by atoms with van der Waals surface area (Å²) in [5.41, 5.74) is 1.23. The van der Waals surface area contributed by atoms with Gasteiger partial charge in [0.2, 0.25) is 9.05 Å². The molecule has 1 heterocycles. The first-order valence-corrected chi connectivity index (χ1v) is 7.36. The third kappa shape index (κ3) is 3.67. The number of thiophene rings is 1. The van der Waals surface area contributed by atoms with Gasteiger partial charge in [-0.1, -0.05) is 6.92 Å². The first-order chi connectivity index (χ1) is 6.03. The predicted octanol–water partition coefficient (Wildman–Crippen LogP) is 2.42. The van der Waals surface area contributed by atoms with E-state index in [0.29, 0.717) is 6.42 Å². The van der Waals surface area contributed by atoms with E-state index in [4.69, 9.17) is 10.7 Å². The van der Waals surface area contributed by atoms with E-state index in [-0.39, 0.29) is 5.75 Å². The van der Waals surface area contributed by atoms with Crippen LogP contribution in [0.2, 0.25) is 0 Å². The van der Waals surface area contributed by atoms with Crippen LogP contribution in [0, 0.1) is 0 Å². The lowest BCUT2D eigenvalue weighted by Gasteiger charge is -1.98. The second kappa shape index (κ2) is 4.44. The van der Waals surface area contributed by atoms with Crippen molar-refractivity contribution in [2.75, 3.05) is 5.75 Å². The van der Waals surface area contributed by atoms with Crippen LogP contribution in [-0.2, 0) is 21.9 Å². The van der Waals surface area contributed by atoms with Crippen LogP contribution in [0.4, 0.5) is 0 Å². The van der Waals surface area contributed by atoms with Crippen molar-refractivity contribution in [2.45, 2.75) is 19.8 Å². The quantitative estimate of drug-likeness (QED) is 0.755. The predicted molar refractivity (Wildman–Crippen MR) is 57.0 cm³/mol. The number of rotatable bonds is 4. The molecule has 0 aliphatic rings. The summed E-state index contributed by atoms with van der Waals surface area (Å²) in [4.78, 5) is 1.13. The van der Waals surface area contributed by atoms with Crippen molar-refractivity contribution in [1.29, 1.82) is 0 Å². The van der Waals surface area contributed by atoms with E-state index in [0.717, 1.165) is 11.3 Å². The van der Waals surface area contributed by atoms with Crippen LogP contribution in [0.3, 0.4) is 0 Å². The molecule has 0 atom stereocenters. The fourth-order valence-electron chi connectivity index (χ4n) is 1.12. The molecule has 13 heavy (non-hydrogen) atoms. The largest absolute Gasteiger partial charge is 0.232 e. The normalized spacial score (nSPS) is 11.8. The second-order valence-corrected chi connectivity index (χ2v) is 6.61. The number of hydrogen-bond donors (Lipinski definition) is 0. The SMILES string of the molecule is CCc1ccsc1CCS(=O)(=O)Cl. The summed E-state index contributed by atoms with van der Waals surface area (Å²) in [5.74, 6) is 0.0298. The Kier molecular flexibility index (Phi) is 3.76. The summed E-state index contributed by atoms with van der Waals surface area (Å²) in [6.45, 7) is 2.06.